The molecule has 150 valence electrons. The number of aryl methyl sites for hydroxylation is 1. The van der Waals surface area contributed by atoms with E-state index in [1.54, 1.807) is 12.1 Å². The minimum atomic E-state index is -3.70. The Morgan fingerprint density at radius 2 is 1.79 bits per heavy atom. The van der Waals surface area contributed by atoms with Crippen LogP contribution in [0.3, 0.4) is 0 Å². The van der Waals surface area contributed by atoms with Crippen LogP contribution in [0.15, 0.2) is 65.7 Å². The maximum absolute atomic E-state index is 12.5. The number of sulfonamides is 1. The predicted octanol–water partition coefficient (Wildman–Crippen LogP) is 4.00. The fourth-order valence-electron chi connectivity index (χ4n) is 2.40. The van der Waals surface area contributed by atoms with Gasteiger partial charge in [-0.25, -0.2) is 18.1 Å². The summed E-state index contributed by atoms with van der Waals surface area (Å²) < 4.78 is 31.7. The molecular weight excluding hydrogens is 414 g/mol. The summed E-state index contributed by atoms with van der Waals surface area (Å²) in [5.41, 5.74) is 1.56. The molecule has 29 heavy (non-hydrogen) atoms. The van der Waals surface area contributed by atoms with Crippen molar-refractivity contribution in [2.75, 3.05) is 12.4 Å². The lowest BCUT2D eigenvalue weighted by molar-refractivity contribution is 0.102. The van der Waals surface area contributed by atoms with Gasteiger partial charge in [0, 0.05) is 6.07 Å². The van der Waals surface area contributed by atoms with Crippen LogP contribution in [0.1, 0.15) is 15.9 Å². The van der Waals surface area contributed by atoms with Crippen molar-refractivity contribution < 1.29 is 17.9 Å². The summed E-state index contributed by atoms with van der Waals surface area (Å²) in [6.07, 6.45) is 1.43. The van der Waals surface area contributed by atoms with Crippen molar-refractivity contribution in [3.05, 3.63) is 76.9 Å². The highest BCUT2D eigenvalue weighted by Gasteiger charge is 2.17. The minimum Gasteiger partial charge on any atom is -0.439 e. The Morgan fingerprint density at radius 1 is 1.07 bits per heavy atom. The van der Waals surface area contributed by atoms with Crippen LogP contribution < -0.4 is 14.8 Å². The van der Waals surface area contributed by atoms with E-state index in [1.165, 1.54) is 31.4 Å². The number of hydrogen-bond acceptors (Lipinski definition) is 5. The van der Waals surface area contributed by atoms with Crippen molar-refractivity contribution in [2.24, 2.45) is 0 Å². The predicted molar refractivity (Wildman–Crippen MR) is 111 cm³/mol. The molecule has 0 radical (unpaired) electrons. The summed E-state index contributed by atoms with van der Waals surface area (Å²) in [5, 5.41) is 2.77. The first-order valence-corrected chi connectivity index (χ1v) is 10.4. The number of carbonyl (C=O) groups is 1. The van der Waals surface area contributed by atoms with E-state index < -0.39 is 15.9 Å². The van der Waals surface area contributed by atoms with E-state index in [2.05, 4.69) is 15.0 Å². The summed E-state index contributed by atoms with van der Waals surface area (Å²) in [5.74, 6) is 0.457. The first-order chi connectivity index (χ1) is 13.8. The highest BCUT2D eigenvalue weighted by atomic mass is 35.5. The van der Waals surface area contributed by atoms with Crippen LogP contribution in [0.4, 0.5) is 5.69 Å². The monoisotopic (exact) mass is 431 g/mol. The number of benzene rings is 2. The molecule has 1 amide bonds. The molecule has 9 heteroatoms. The quantitative estimate of drug-likeness (QED) is 0.614. The molecule has 3 rings (SSSR count). The van der Waals surface area contributed by atoms with E-state index in [4.69, 9.17) is 16.3 Å². The Labute approximate surface area is 173 Å². The van der Waals surface area contributed by atoms with Gasteiger partial charge in [0.15, 0.2) is 0 Å². The van der Waals surface area contributed by atoms with Crippen LogP contribution >= 0.6 is 11.6 Å². The standard InChI is InChI=1S/C20H18ClN3O4S/c1-13-3-6-15(7-4-13)28-19-10-5-14(12-23-19)24-20(25)17-11-16(8-9-18(17)21)29(26,27)22-2/h3-12,22H,1-2H3,(H,24,25). The molecule has 2 aromatic carbocycles. The summed E-state index contributed by atoms with van der Waals surface area (Å²) in [4.78, 5) is 16.6. The average molecular weight is 432 g/mol. The fraction of sp³-hybridized carbons (Fsp3) is 0.100. The molecule has 0 aliphatic rings. The maximum atomic E-state index is 12.5. The molecule has 0 fully saturated rings. The van der Waals surface area contributed by atoms with Gasteiger partial charge in [0.05, 0.1) is 27.4 Å². The molecular formula is C20H18ClN3O4S. The highest BCUT2D eigenvalue weighted by Crippen LogP contribution is 2.23. The SMILES string of the molecule is CNS(=O)(=O)c1ccc(Cl)c(C(=O)Nc2ccc(Oc3ccc(C)cc3)nc2)c1. The molecule has 0 aliphatic carbocycles. The number of halogens is 1. The Morgan fingerprint density at radius 3 is 2.41 bits per heavy atom. The van der Waals surface area contributed by atoms with Crippen LogP contribution in [0.25, 0.3) is 0 Å². The van der Waals surface area contributed by atoms with Gasteiger partial charge in [-0.2, -0.15) is 0 Å². The molecule has 0 saturated carbocycles. The first kappa shape index (κ1) is 20.8. The molecule has 0 atom stereocenters. The van der Waals surface area contributed by atoms with E-state index in [-0.39, 0.29) is 15.5 Å². The number of aromatic nitrogens is 1. The second kappa shape index (κ2) is 8.60. The van der Waals surface area contributed by atoms with Gasteiger partial charge in [-0.3, -0.25) is 4.79 Å². The number of nitrogens with zero attached hydrogens (tertiary/aromatic N) is 1. The largest absolute Gasteiger partial charge is 0.439 e. The zero-order valence-corrected chi connectivity index (χ0v) is 17.2. The van der Waals surface area contributed by atoms with Crippen molar-refractivity contribution in [3.63, 3.8) is 0 Å². The van der Waals surface area contributed by atoms with Crippen LogP contribution in [0.2, 0.25) is 5.02 Å². The Hall–Kier alpha value is -2.94. The third-order valence-corrected chi connectivity index (χ3v) is 5.74. The van der Waals surface area contributed by atoms with Crippen molar-refractivity contribution in [2.45, 2.75) is 11.8 Å². The smallest absolute Gasteiger partial charge is 0.257 e. The van der Waals surface area contributed by atoms with Gasteiger partial charge in [-0.15, -0.1) is 0 Å². The topological polar surface area (TPSA) is 97.4 Å². The minimum absolute atomic E-state index is 0.0305. The number of anilines is 1. The zero-order chi connectivity index (χ0) is 21.0. The molecule has 0 unspecified atom stereocenters. The second-order valence-electron chi connectivity index (χ2n) is 6.10. The molecule has 7 nitrogen and oxygen atoms in total. The van der Waals surface area contributed by atoms with Gasteiger partial charge in [-0.05, 0) is 50.4 Å². The molecule has 0 spiro atoms. The lowest BCUT2D eigenvalue weighted by Gasteiger charge is -2.10. The highest BCUT2D eigenvalue weighted by molar-refractivity contribution is 7.89. The Bertz CT molecular complexity index is 1130. The lowest BCUT2D eigenvalue weighted by atomic mass is 10.2. The van der Waals surface area contributed by atoms with Crippen LogP contribution in [-0.4, -0.2) is 26.4 Å². The summed E-state index contributed by atoms with van der Waals surface area (Å²) in [7, 11) is -2.41. The summed E-state index contributed by atoms with van der Waals surface area (Å²) in [6, 6.07) is 14.6. The van der Waals surface area contributed by atoms with E-state index >= 15 is 0 Å². The molecule has 0 saturated heterocycles. The van der Waals surface area contributed by atoms with Gasteiger partial charge in [0.2, 0.25) is 15.9 Å². The first-order valence-electron chi connectivity index (χ1n) is 8.53. The van der Waals surface area contributed by atoms with Crippen molar-refractivity contribution >= 4 is 33.2 Å². The van der Waals surface area contributed by atoms with Crippen LogP contribution in [0.5, 0.6) is 11.6 Å². The summed E-state index contributed by atoms with van der Waals surface area (Å²) in [6.45, 7) is 1.98. The van der Waals surface area contributed by atoms with E-state index in [1.807, 2.05) is 31.2 Å². The fourth-order valence-corrected chi connectivity index (χ4v) is 3.36. The second-order valence-corrected chi connectivity index (χ2v) is 8.40. The van der Waals surface area contributed by atoms with E-state index in [9.17, 15) is 13.2 Å². The number of carbonyl (C=O) groups excluding carboxylic acids is 1. The van der Waals surface area contributed by atoms with Crippen molar-refractivity contribution in [1.82, 2.24) is 9.71 Å². The van der Waals surface area contributed by atoms with Crippen molar-refractivity contribution in [1.29, 1.82) is 0 Å². The third kappa shape index (κ3) is 5.11. The Kier molecular flexibility index (Phi) is 6.17. The molecule has 0 bridgehead atoms. The third-order valence-electron chi connectivity index (χ3n) is 4.00. The zero-order valence-electron chi connectivity index (χ0n) is 15.6. The number of ether oxygens (including phenoxy) is 1. The number of amides is 1. The summed E-state index contributed by atoms with van der Waals surface area (Å²) >= 11 is 6.07. The van der Waals surface area contributed by atoms with Crippen LogP contribution in [-0.2, 0) is 10.0 Å². The van der Waals surface area contributed by atoms with Gasteiger partial charge in [0.1, 0.15) is 5.75 Å². The molecule has 3 aromatic rings. The number of rotatable bonds is 6. The van der Waals surface area contributed by atoms with E-state index in [0.29, 0.717) is 17.3 Å². The Balaban J connectivity index is 1.74. The maximum Gasteiger partial charge on any atom is 0.257 e. The van der Waals surface area contributed by atoms with Gasteiger partial charge in [-0.1, -0.05) is 29.3 Å². The van der Waals surface area contributed by atoms with Crippen LogP contribution in [0, 0.1) is 6.92 Å². The lowest BCUT2D eigenvalue weighted by Crippen LogP contribution is -2.20. The van der Waals surface area contributed by atoms with Gasteiger partial charge in [0.25, 0.3) is 5.91 Å². The molecule has 1 heterocycles. The molecule has 1 aromatic heterocycles. The molecule has 0 aliphatic heterocycles. The van der Waals surface area contributed by atoms with Gasteiger partial charge < -0.3 is 10.1 Å². The number of hydrogen-bond donors (Lipinski definition) is 2. The van der Waals surface area contributed by atoms with Crippen molar-refractivity contribution in [3.8, 4) is 11.6 Å². The van der Waals surface area contributed by atoms with E-state index in [0.717, 1.165) is 5.56 Å². The number of pyridine rings is 1. The van der Waals surface area contributed by atoms with Gasteiger partial charge >= 0.3 is 0 Å². The molecule has 2 N–H and O–H groups in total. The number of nitrogens with one attached hydrogen (secondary N) is 2. The average Bonchev–Trinajstić information content (AvgIpc) is 2.71. The normalized spacial score (nSPS) is 11.1.